The fraction of sp³-hybridized carbons (Fsp3) is 0.333. The van der Waals surface area contributed by atoms with E-state index in [9.17, 15) is 14.7 Å². The van der Waals surface area contributed by atoms with E-state index in [0.29, 0.717) is 25.9 Å². The number of amides is 1. The molecular weight excluding hydrogens is 331 g/mol. The van der Waals surface area contributed by atoms with E-state index in [1.165, 1.54) is 0 Å². The van der Waals surface area contributed by atoms with Gasteiger partial charge in [-0.15, -0.1) is 0 Å². The summed E-state index contributed by atoms with van der Waals surface area (Å²) < 4.78 is 4.97. The molecule has 7 heteroatoms. The van der Waals surface area contributed by atoms with Crippen molar-refractivity contribution >= 4 is 11.9 Å². The molecule has 2 unspecified atom stereocenters. The molecule has 0 aliphatic carbocycles. The van der Waals surface area contributed by atoms with Crippen molar-refractivity contribution in [1.82, 2.24) is 10.2 Å². The number of aliphatic carboxylic acids is 1. The van der Waals surface area contributed by atoms with Crippen molar-refractivity contribution in [2.24, 2.45) is 0 Å². The number of rotatable bonds is 6. The number of benzene rings is 1. The topological polar surface area (TPSA) is 85.6 Å². The van der Waals surface area contributed by atoms with E-state index in [-0.39, 0.29) is 35.5 Å². The third-order valence-electron chi connectivity index (χ3n) is 4.34. The molecule has 1 aromatic heterocycles. The Morgan fingerprint density at radius 2 is 1.84 bits per heavy atom. The predicted octanol–water partition coefficient (Wildman–Crippen LogP) is -2.32. The van der Waals surface area contributed by atoms with E-state index in [1.807, 2.05) is 30.3 Å². The fourth-order valence-corrected chi connectivity index (χ4v) is 3.11. The smallest absolute Gasteiger partial charge is 0.548 e. The number of carboxylic acids is 1. The minimum Gasteiger partial charge on any atom is -0.548 e. The van der Waals surface area contributed by atoms with Gasteiger partial charge in [0.2, 0.25) is 5.91 Å². The first kappa shape index (κ1) is 19.7. The number of furan rings is 1. The summed E-state index contributed by atoms with van der Waals surface area (Å²) >= 11 is 0. The number of hydrogen-bond acceptors (Lipinski definition) is 5. The van der Waals surface area contributed by atoms with Crippen molar-refractivity contribution in [2.75, 3.05) is 0 Å². The molecule has 2 heterocycles. The molecule has 3 rings (SSSR count). The average Bonchev–Trinajstić information content (AvgIpc) is 3.23. The molecule has 1 fully saturated rings. The number of nitrogens with one attached hydrogen (secondary N) is 1. The first-order chi connectivity index (χ1) is 11.6. The van der Waals surface area contributed by atoms with Gasteiger partial charge >= 0.3 is 29.6 Å². The summed E-state index contributed by atoms with van der Waals surface area (Å²) in [5.41, 5.74) is 1.84. The van der Waals surface area contributed by atoms with Gasteiger partial charge in [-0.1, -0.05) is 30.3 Å². The largest absolute Gasteiger partial charge is 1.00 e. The summed E-state index contributed by atoms with van der Waals surface area (Å²) in [7, 11) is 0. The molecule has 0 saturated carbocycles. The van der Waals surface area contributed by atoms with Gasteiger partial charge in [0.25, 0.3) is 0 Å². The van der Waals surface area contributed by atoms with Crippen LogP contribution in [0.4, 0.5) is 0 Å². The molecule has 126 valence electrons. The number of likely N-dealkylation sites (tertiary alicyclic amines) is 1. The molecule has 1 saturated heterocycles. The van der Waals surface area contributed by atoms with Crippen LogP contribution in [0.1, 0.15) is 24.0 Å². The van der Waals surface area contributed by atoms with Gasteiger partial charge < -0.3 is 19.6 Å². The van der Waals surface area contributed by atoms with Crippen molar-refractivity contribution in [3.8, 4) is 0 Å². The summed E-state index contributed by atoms with van der Waals surface area (Å²) in [5.74, 6) is -1.30. The fourth-order valence-electron chi connectivity index (χ4n) is 3.11. The van der Waals surface area contributed by atoms with Crippen molar-refractivity contribution in [3.63, 3.8) is 0 Å². The molecule has 1 aromatic carbocycles. The third kappa shape index (κ3) is 4.95. The average molecular weight is 350 g/mol. The quantitative estimate of drug-likeness (QED) is 0.592. The van der Waals surface area contributed by atoms with Crippen LogP contribution in [0.5, 0.6) is 0 Å². The van der Waals surface area contributed by atoms with Crippen LogP contribution in [0, 0.1) is 0 Å². The zero-order valence-corrected chi connectivity index (χ0v) is 16.2. The van der Waals surface area contributed by atoms with E-state index in [0.717, 1.165) is 11.1 Å². The molecule has 1 aliphatic heterocycles. The predicted molar refractivity (Wildman–Crippen MR) is 84.4 cm³/mol. The van der Waals surface area contributed by atoms with Crippen molar-refractivity contribution in [1.29, 1.82) is 0 Å². The van der Waals surface area contributed by atoms with Crippen LogP contribution < -0.4 is 40.0 Å². The Labute approximate surface area is 168 Å². The molecule has 0 bridgehead atoms. The molecular formula is C18H19N2NaO4. The van der Waals surface area contributed by atoms with Gasteiger partial charge in [0, 0.05) is 18.7 Å². The first-order valence-corrected chi connectivity index (χ1v) is 7.94. The Hall–Kier alpha value is -1.60. The van der Waals surface area contributed by atoms with Gasteiger partial charge in [0.15, 0.2) is 0 Å². The zero-order valence-electron chi connectivity index (χ0n) is 14.2. The number of carboxylic acid groups (broad SMARTS) is 1. The van der Waals surface area contributed by atoms with Crippen molar-refractivity contribution < 1.29 is 48.7 Å². The standard InChI is InChI=1S/C18H20N2O4.Na/c21-17(19-10-14-8-9-24-12-14)15-6-7-16(18(22)23)20(15)11-13-4-2-1-3-5-13;/h1-5,8-9,12,15-16H,6-7,10-11H2,(H,19,21)(H,22,23);/q;+1/p-1. The van der Waals surface area contributed by atoms with Gasteiger partial charge in [-0.25, -0.2) is 0 Å². The van der Waals surface area contributed by atoms with Gasteiger partial charge in [-0.3, -0.25) is 9.69 Å². The Morgan fingerprint density at radius 3 is 2.48 bits per heavy atom. The minimum absolute atomic E-state index is 0. The molecule has 0 radical (unpaired) electrons. The summed E-state index contributed by atoms with van der Waals surface area (Å²) in [5, 5.41) is 14.3. The summed E-state index contributed by atoms with van der Waals surface area (Å²) in [6.07, 6.45) is 4.03. The normalized spacial score (nSPS) is 20.0. The van der Waals surface area contributed by atoms with Crippen LogP contribution >= 0.6 is 0 Å². The van der Waals surface area contributed by atoms with Crippen LogP contribution in [-0.4, -0.2) is 28.9 Å². The molecule has 25 heavy (non-hydrogen) atoms. The molecule has 0 spiro atoms. The third-order valence-corrected chi connectivity index (χ3v) is 4.34. The van der Waals surface area contributed by atoms with Crippen molar-refractivity contribution in [3.05, 3.63) is 60.1 Å². The van der Waals surface area contributed by atoms with Crippen LogP contribution in [0.3, 0.4) is 0 Å². The maximum absolute atomic E-state index is 12.5. The van der Waals surface area contributed by atoms with Crippen molar-refractivity contribution in [2.45, 2.75) is 38.0 Å². The minimum atomic E-state index is -1.13. The maximum Gasteiger partial charge on any atom is 1.00 e. The molecule has 6 nitrogen and oxygen atoms in total. The van der Waals surface area contributed by atoms with Crippen LogP contribution in [0.2, 0.25) is 0 Å². The Kier molecular flexibility index (Phi) is 7.25. The summed E-state index contributed by atoms with van der Waals surface area (Å²) in [4.78, 5) is 25.6. The van der Waals surface area contributed by atoms with Crippen LogP contribution in [0.15, 0.2) is 53.3 Å². The monoisotopic (exact) mass is 350 g/mol. The molecule has 1 amide bonds. The van der Waals surface area contributed by atoms with Crippen LogP contribution in [-0.2, 0) is 22.7 Å². The second-order valence-electron chi connectivity index (χ2n) is 5.94. The number of carbonyl (C=O) groups excluding carboxylic acids is 2. The second kappa shape index (κ2) is 9.20. The molecule has 2 atom stereocenters. The van der Waals surface area contributed by atoms with Crippen LogP contribution in [0.25, 0.3) is 0 Å². The molecule has 1 aliphatic rings. The second-order valence-corrected chi connectivity index (χ2v) is 5.94. The van der Waals surface area contributed by atoms with Gasteiger partial charge in [0.05, 0.1) is 30.6 Å². The first-order valence-electron chi connectivity index (χ1n) is 7.94. The number of carbonyl (C=O) groups is 2. The summed E-state index contributed by atoms with van der Waals surface area (Å²) in [6, 6.07) is 10.1. The van der Waals surface area contributed by atoms with Gasteiger partial charge in [-0.2, -0.15) is 0 Å². The van der Waals surface area contributed by atoms with Gasteiger partial charge in [0.1, 0.15) is 0 Å². The van der Waals surface area contributed by atoms with E-state index in [4.69, 9.17) is 4.42 Å². The number of nitrogens with zero attached hydrogens (tertiary/aromatic N) is 1. The van der Waals surface area contributed by atoms with Gasteiger partial charge in [-0.05, 0) is 24.5 Å². The Balaban J connectivity index is 0.00000225. The van der Waals surface area contributed by atoms with E-state index in [2.05, 4.69) is 5.32 Å². The van der Waals surface area contributed by atoms with E-state index >= 15 is 0 Å². The van der Waals surface area contributed by atoms with E-state index < -0.39 is 18.1 Å². The Morgan fingerprint density at radius 1 is 1.12 bits per heavy atom. The summed E-state index contributed by atoms with van der Waals surface area (Å²) in [6.45, 7) is 0.768. The Bertz CT molecular complexity index is 690. The zero-order chi connectivity index (χ0) is 16.9. The maximum atomic E-state index is 12.5. The SMILES string of the molecule is O=C([O-])C1CCC(C(=O)NCc2ccoc2)N1Cc1ccccc1.[Na+]. The van der Waals surface area contributed by atoms with E-state index in [1.54, 1.807) is 23.5 Å². The number of hydrogen-bond donors (Lipinski definition) is 1. The molecule has 1 N–H and O–H groups in total. The molecule has 2 aromatic rings.